The Morgan fingerprint density at radius 3 is 2.45 bits per heavy atom. The van der Waals surface area contributed by atoms with Gasteiger partial charge in [0.2, 0.25) is 0 Å². The van der Waals surface area contributed by atoms with Crippen LogP contribution in [-0.2, 0) is 18.7 Å². The summed E-state index contributed by atoms with van der Waals surface area (Å²) in [6.07, 6.45) is -0.432. The third kappa shape index (κ3) is 5.08. The van der Waals surface area contributed by atoms with Gasteiger partial charge in [-0.2, -0.15) is 12.6 Å². The summed E-state index contributed by atoms with van der Waals surface area (Å²) in [5.74, 6) is 0.175. The second-order valence-corrected chi connectivity index (χ2v) is 8.05. The van der Waals surface area contributed by atoms with Gasteiger partial charge >= 0.3 is 11.7 Å². The molecular formula is C23H25FN2O4S. The number of thiol groups is 1. The van der Waals surface area contributed by atoms with E-state index in [9.17, 15) is 14.0 Å². The summed E-state index contributed by atoms with van der Waals surface area (Å²) in [7, 11) is 6.93. The highest BCUT2D eigenvalue weighted by Crippen LogP contribution is 2.28. The Morgan fingerprint density at radius 1 is 1.10 bits per heavy atom. The van der Waals surface area contributed by atoms with Crippen LogP contribution in [0, 0.1) is 5.82 Å². The van der Waals surface area contributed by atoms with Gasteiger partial charge < -0.3 is 19.0 Å². The van der Waals surface area contributed by atoms with Gasteiger partial charge in [0.05, 0.1) is 0 Å². The van der Waals surface area contributed by atoms with Crippen LogP contribution in [0.1, 0.15) is 22.3 Å². The zero-order chi connectivity index (χ0) is 22.7. The van der Waals surface area contributed by atoms with E-state index in [2.05, 4.69) is 12.6 Å². The third-order valence-electron chi connectivity index (χ3n) is 4.83. The van der Waals surface area contributed by atoms with Gasteiger partial charge in [-0.15, -0.1) is 0 Å². The molecule has 1 aromatic heterocycles. The topological polar surface area (TPSA) is 63.0 Å². The minimum absolute atomic E-state index is 0.103. The maximum absolute atomic E-state index is 14.8. The first-order valence-electron chi connectivity index (χ1n) is 9.70. The lowest BCUT2D eigenvalue weighted by Gasteiger charge is -2.17. The van der Waals surface area contributed by atoms with E-state index in [4.69, 9.17) is 9.15 Å². The van der Waals surface area contributed by atoms with Crippen LogP contribution in [0.3, 0.4) is 0 Å². The highest BCUT2D eigenvalue weighted by Gasteiger charge is 2.19. The van der Waals surface area contributed by atoms with Crippen LogP contribution in [0.4, 0.5) is 9.18 Å². The molecule has 164 valence electrons. The minimum Gasteiger partial charge on any atom is -0.422 e. The average molecular weight is 445 g/mol. The fraction of sp³-hybridized carbons (Fsp3) is 0.304. The van der Waals surface area contributed by atoms with E-state index in [0.29, 0.717) is 34.2 Å². The SMILES string of the molecule is CN(C)Cc1c(Cc2cccc(CS)c2F)c(=O)oc2cc(OC(=O)N(C)C)ccc12. The first-order chi connectivity index (χ1) is 14.7. The molecule has 2 aromatic carbocycles. The van der Waals surface area contributed by atoms with Crippen molar-refractivity contribution in [3.63, 3.8) is 0 Å². The number of carbonyl (C=O) groups excluding carboxylic acids is 1. The van der Waals surface area contributed by atoms with Crippen LogP contribution >= 0.6 is 12.6 Å². The van der Waals surface area contributed by atoms with Gasteiger partial charge in [0.25, 0.3) is 0 Å². The van der Waals surface area contributed by atoms with E-state index >= 15 is 0 Å². The number of ether oxygens (including phenoxy) is 1. The molecule has 0 N–H and O–H groups in total. The summed E-state index contributed by atoms with van der Waals surface area (Å²) < 4.78 is 25.6. The van der Waals surface area contributed by atoms with Gasteiger partial charge in [-0.1, -0.05) is 18.2 Å². The van der Waals surface area contributed by atoms with Gasteiger partial charge in [-0.25, -0.2) is 14.0 Å². The first kappa shape index (κ1) is 22.8. The van der Waals surface area contributed by atoms with E-state index in [0.717, 1.165) is 5.56 Å². The summed E-state index contributed by atoms with van der Waals surface area (Å²) in [5, 5.41) is 0.707. The van der Waals surface area contributed by atoms with Crippen molar-refractivity contribution < 1.29 is 18.3 Å². The van der Waals surface area contributed by atoms with Crippen LogP contribution in [0.25, 0.3) is 11.0 Å². The number of nitrogens with zero attached hydrogens (tertiary/aromatic N) is 2. The Balaban J connectivity index is 2.12. The van der Waals surface area contributed by atoms with Crippen LogP contribution < -0.4 is 10.4 Å². The molecule has 1 heterocycles. The Kier molecular flexibility index (Phi) is 7.02. The molecule has 0 spiro atoms. The zero-order valence-corrected chi connectivity index (χ0v) is 18.8. The molecule has 0 aliphatic rings. The van der Waals surface area contributed by atoms with Gasteiger partial charge in [-0.3, -0.25) is 0 Å². The Morgan fingerprint density at radius 2 is 1.81 bits per heavy atom. The Bertz CT molecular complexity index is 1170. The van der Waals surface area contributed by atoms with Crippen molar-refractivity contribution in [3.8, 4) is 5.75 Å². The molecule has 0 radical (unpaired) electrons. The monoisotopic (exact) mass is 444 g/mol. The summed E-state index contributed by atoms with van der Waals surface area (Å²) >= 11 is 4.17. The standard InChI is InChI=1S/C23H25FN2O4S/c1-25(2)12-19-17-9-8-16(29-23(28)26(3)4)11-20(17)30-22(27)18(19)10-14-6-5-7-15(13-31)21(14)24/h5-9,11,31H,10,12-13H2,1-4H3. The second-order valence-electron chi connectivity index (χ2n) is 7.73. The highest BCUT2D eigenvalue weighted by atomic mass is 32.1. The van der Waals surface area contributed by atoms with Crippen molar-refractivity contribution >= 4 is 29.7 Å². The quantitative estimate of drug-likeness (QED) is 0.459. The molecule has 0 fully saturated rings. The predicted octanol–water partition coefficient (Wildman–Crippen LogP) is 4.07. The average Bonchev–Trinajstić information content (AvgIpc) is 2.71. The largest absolute Gasteiger partial charge is 0.422 e. The molecule has 0 bridgehead atoms. The zero-order valence-electron chi connectivity index (χ0n) is 17.9. The first-order valence-corrected chi connectivity index (χ1v) is 10.3. The van der Waals surface area contributed by atoms with Crippen LogP contribution in [0.5, 0.6) is 5.75 Å². The smallest absolute Gasteiger partial charge is 0.414 e. The van der Waals surface area contributed by atoms with Gasteiger partial charge in [0.15, 0.2) is 0 Å². The van der Waals surface area contributed by atoms with Crippen molar-refractivity contribution in [2.24, 2.45) is 0 Å². The molecule has 3 aromatic rings. The molecular weight excluding hydrogens is 419 g/mol. The van der Waals surface area contributed by atoms with Crippen LogP contribution in [0.2, 0.25) is 0 Å². The number of rotatable bonds is 6. The molecule has 0 unspecified atom stereocenters. The fourth-order valence-electron chi connectivity index (χ4n) is 3.30. The Labute approximate surface area is 185 Å². The molecule has 0 saturated heterocycles. The third-order valence-corrected chi connectivity index (χ3v) is 5.17. The molecule has 0 atom stereocenters. The molecule has 3 rings (SSSR count). The summed E-state index contributed by atoms with van der Waals surface area (Å²) in [5.41, 5.74) is 1.80. The van der Waals surface area contributed by atoms with Crippen molar-refractivity contribution in [2.45, 2.75) is 18.7 Å². The maximum Gasteiger partial charge on any atom is 0.414 e. The number of benzene rings is 2. The molecule has 1 amide bonds. The van der Waals surface area contributed by atoms with E-state index < -0.39 is 11.7 Å². The number of carbonyl (C=O) groups is 1. The van der Waals surface area contributed by atoms with Crippen molar-refractivity contribution in [3.05, 3.63) is 74.9 Å². The van der Waals surface area contributed by atoms with E-state index in [1.165, 1.54) is 11.0 Å². The Hall–Kier alpha value is -2.84. The molecule has 0 aliphatic heterocycles. The fourth-order valence-corrected chi connectivity index (χ4v) is 3.54. The summed E-state index contributed by atoms with van der Waals surface area (Å²) in [6, 6.07) is 10.0. The number of amides is 1. The van der Waals surface area contributed by atoms with Gasteiger partial charge in [0.1, 0.15) is 17.1 Å². The minimum atomic E-state index is -0.545. The highest BCUT2D eigenvalue weighted by molar-refractivity contribution is 7.79. The lowest BCUT2D eigenvalue weighted by Crippen LogP contribution is -2.25. The normalized spacial score (nSPS) is 11.2. The second kappa shape index (κ2) is 9.53. The van der Waals surface area contributed by atoms with E-state index in [1.54, 1.807) is 44.4 Å². The molecule has 0 aliphatic carbocycles. The molecule has 8 heteroatoms. The van der Waals surface area contributed by atoms with E-state index in [-0.39, 0.29) is 23.7 Å². The van der Waals surface area contributed by atoms with Crippen molar-refractivity contribution in [1.82, 2.24) is 9.80 Å². The summed E-state index contributed by atoms with van der Waals surface area (Å²) in [4.78, 5) is 28.0. The van der Waals surface area contributed by atoms with Crippen LogP contribution in [0.15, 0.2) is 45.6 Å². The van der Waals surface area contributed by atoms with Gasteiger partial charge in [-0.05, 0) is 42.9 Å². The lowest BCUT2D eigenvalue weighted by atomic mass is 9.97. The molecule has 0 saturated carbocycles. The maximum atomic E-state index is 14.8. The van der Waals surface area contributed by atoms with Crippen molar-refractivity contribution in [2.75, 3.05) is 28.2 Å². The number of fused-ring (bicyclic) bond motifs is 1. The number of halogens is 1. The predicted molar refractivity (Wildman–Crippen MR) is 121 cm³/mol. The summed E-state index contributed by atoms with van der Waals surface area (Å²) in [6.45, 7) is 0.460. The van der Waals surface area contributed by atoms with E-state index in [1.807, 2.05) is 19.0 Å². The number of hydrogen-bond acceptors (Lipinski definition) is 6. The van der Waals surface area contributed by atoms with Gasteiger partial charge in [0, 0.05) is 49.8 Å². The molecule has 31 heavy (non-hydrogen) atoms. The lowest BCUT2D eigenvalue weighted by molar-refractivity contribution is 0.172. The van der Waals surface area contributed by atoms with Crippen molar-refractivity contribution in [1.29, 1.82) is 0 Å². The molecule has 6 nitrogen and oxygen atoms in total. The van der Waals surface area contributed by atoms with Crippen LogP contribution in [-0.4, -0.2) is 44.1 Å². The number of hydrogen-bond donors (Lipinski definition) is 1.